The molecule has 0 bridgehead atoms. The summed E-state index contributed by atoms with van der Waals surface area (Å²) in [6.07, 6.45) is -2.33. The maximum atomic E-state index is 13.1. The summed E-state index contributed by atoms with van der Waals surface area (Å²) in [4.78, 5) is 51.9. The first-order valence-electron chi connectivity index (χ1n) is 10.6. The van der Waals surface area contributed by atoms with Crippen molar-refractivity contribution in [2.75, 3.05) is 40.0 Å². The number of para-hydroxylation sites is 1. The molecule has 2 unspecified atom stereocenters. The molecular formula is C23H21Cl2N3O7. The Morgan fingerprint density at radius 2 is 1.63 bits per heavy atom. The normalized spacial score (nSPS) is 18.5. The minimum atomic E-state index is -1.29. The molecule has 2 heterocycles. The molecule has 0 aliphatic carbocycles. The van der Waals surface area contributed by atoms with E-state index in [2.05, 4.69) is 5.32 Å². The molecule has 2 N–H and O–H groups in total. The van der Waals surface area contributed by atoms with Gasteiger partial charge in [0.05, 0.1) is 24.5 Å². The van der Waals surface area contributed by atoms with Gasteiger partial charge < -0.3 is 29.7 Å². The van der Waals surface area contributed by atoms with Crippen LogP contribution in [0.3, 0.4) is 0 Å². The van der Waals surface area contributed by atoms with Gasteiger partial charge in [-0.3, -0.25) is 14.4 Å². The van der Waals surface area contributed by atoms with E-state index in [4.69, 9.17) is 32.7 Å². The molecular weight excluding hydrogens is 501 g/mol. The van der Waals surface area contributed by atoms with E-state index in [0.717, 1.165) is 5.56 Å². The Kier molecular flexibility index (Phi) is 7.04. The van der Waals surface area contributed by atoms with E-state index in [9.17, 15) is 24.3 Å². The highest BCUT2D eigenvalue weighted by Crippen LogP contribution is 2.38. The third-order valence-electron chi connectivity index (χ3n) is 5.62. The number of fused-ring (bicyclic) bond motifs is 2. The zero-order valence-electron chi connectivity index (χ0n) is 18.5. The van der Waals surface area contributed by atoms with Crippen LogP contribution in [0.2, 0.25) is 0 Å². The van der Waals surface area contributed by atoms with E-state index in [-0.39, 0.29) is 42.2 Å². The Balaban J connectivity index is 1.58. The molecule has 2 atom stereocenters. The number of aliphatic carboxylic acids is 1. The number of anilines is 3. The molecule has 10 nitrogen and oxygen atoms in total. The first-order valence-corrected chi connectivity index (χ1v) is 11.6. The summed E-state index contributed by atoms with van der Waals surface area (Å²) in [5.74, 6) is -2.74. The van der Waals surface area contributed by atoms with Gasteiger partial charge in [-0.2, -0.15) is 0 Å². The van der Waals surface area contributed by atoms with Crippen LogP contribution in [0.15, 0.2) is 36.4 Å². The number of hydrogen-bond donors (Lipinski definition) is 2. The van der Waals surface area contributed by atoms with Crippen LogP contribution in [0.5, 0.6) is 11.5 Å². The van der Waals surface area contributed by atoms with E-state index in [1.165, 1.54) is 28.0 Å². The average molecular weight is 522 g/mol. The van der Waals surface area contributed by atoms with Crippen molar-refractivity contribution in [1.82, 2.24) is 0 Å². The number of carbonyl (C=O) groups is 4. The van der Waals surface area contributed by atoms with Crippen molar-refractivity contribution in [2.45, 2.75) is 19.1 Å². The highest BCUT2D eigenvalue weighted by Gasteiger charge is 2.36. The van der Waals surface area contributed by atoms with Gasteiger partial charge >= 0.3 is 5.97 Å². The molecule has 2 aromatic rings. The van der Waals surface area contributed by atoms with Crippen LogP contribution in [0, 0.1) is 6.92 Å². The number of carbonyl (C=O) groups excluding carboxylic acids is 3. The number of carboxylic acids is 1. The van der Waals surface area contributed by atoms with Gasteiger partial charge in [-0.05, 0) is 30.7 Å². The highest BCUT2D eigenvalue weighted by molar-refractivity contribution is 6.30. The largest absolute Gasteiger partial charge is 0.478 e. The molecule has 2 aliphatic heterocycles. The second kappa shape index (κ2) is 10.0. The van der Waals surface area contributed by atoms with Crippen molar-refractivity contribution in [3.05, 3.63) is 42.0 Å². The van der Waals surface area contributed by atoms with Crippen LogP contribution in [0.25, 0.3) is 0 Å². The van der Waals surface area contributed by atoms with E-state index in [1.54, 1.807) is 12.1 Å². The maximum absolute atomic E-state index is 13.1. The summed E-state index contributed by atoms with van der Waals surface area (Å²) in [6.45, 7) is 1.58. The van der Waals surface area contributed by atoms with Crippen LogP contribution in [-0.4, -0.2) is 65.9 Å². The molecule has 2 aliphatic rings. The molecule has 3 amide bonds. The zero-order valence-corrected chi connectivity index (χ0v) is 20.0. The molecule has 0 saturated carbocycles. The van der Waals surface area contributed by atoms with Gasteiger partial charge in [-0.25, -0.2) is 4.79 Å². The molecule has 12 heteroatoms. The lowest BCUT2D eigenvalue weighted by Gasteiger charge is -2.35. The third kappa shape index (κ3) is 4.85. The molecule has 0 fully saturated rings. The number of carboxylic acid groups (broad SMARTS) is 1. The predicted octanol–water partition coefficient (Wildman–Crippen LogP) is 2.38. The van der Waals surface area contributed by atoms with Crippen molar-refractivity contribution in [2.24, 2.45) is 0 Å². The van der Waals surface area contributed by atoms with Gasteiger partial charge in [-0.15, -0.1) is 23.2 Å². The summed E-state index contributed by atoms with van der Waals surface area (Å²) in [5, 5.41) is 12.1. The van der Waals surface area contributed by atoms with Gasteiger partial charge in [-0.1, -0.05) is 12.1 Å². The molecule has 35 heavy (non-hydrogen) atoms. The first-order chi connectivity index (χ1) is 16.7. The monoisotopic (exact) mass is 521 g/mol. The van der Waals surface area contributed by atoms with E-state index >= 15 is 0 Å². The number of halogens is 2. The highest BCUT2D eigenvalue weighted by atomic mass is 35.5. The molecule has 0 saturated heterocycles. The smallest absolute Gasteiger partial charge is 0.346 e. The summed E-state index contributed by atoms with van der Waals surface area (Å²) < 4.78 is 11.4. The van der Waals surface area contributed by atoms with Gasteiger partial charge in [0.25, 0.3) is 5.91 Å². The van der Waals surface area contributed by atoms with Crippen molar-refractivity contribution in [1.29, 1.82) is 0 Å². The minimum absolute atomic E-state index is 0.0459. The summed E-state index contributed by atoms with van der Waals surface area (Å²) in [6, 6.07) is 9.73. The Labute approximate surface area is 210 Å². The van der Waals surface area contributed by atoms with E-state index in [1.807, 2.05) is 13.0 Å². The van der Waals surface area contributed by atoms with Crippen molar-refractivity contribution in [3.63, 3.8) is 0 Å². The molecule has 2 aromatic carbocycles. The molecule has 184 valence electrons. The van der Waals surface area contributed by atoms with E-state index in [0.29, 0.717) is 17.1 Å². The number of nitrogens with one attached hydrogen (secondary N) is 1. The van der Waals surface area contributed by atoms with Gasteiger partial charge in [0, 0.05) is 11.8 Å². The lowest BCUT2D eigenvalue weighted by Crippen LogP contribution is -2.49. The summed E-state index contributed by atoms with van der Waals surface area (Å²) >= 11 is 11.5. The Bertz CT molecular complexity index is 1210. The maximum Gasteiger partial charge on any atom is 0.346 e. The topological polar surface area (TPSA) is 125 Å². The number of hydrogen-bond acceptors (Lipinski definition) is 6. The fourth-order valence-electron chi connectivity index (χ4n) is 3.98. The molecule has 0 spiro atoms. The number of aryl methyl sites for hydroxylation is 1. The molecule has 0 radical (unpaired) electrons. The Morgan fingerprint density at radius 1 is 0.971 bits per heavy atom. The number of alkyl halides is 2. The average Bonchev–Trinajstić information content (AvgIpc) is 2.86. The predicted molar refractivity (Wildman–Crippen MR) is 129 cm³/mol. The van der Waals surface area contributed by atoms with Crippen LogP contribution < -0.4 is 24.6 Å². The van der Waals surface area contributed by atoms with Crippen LogP contribution in [0.1, 0.15) is 5.56 Å². The van der Waals surface area contributed by atoms with Crippen LogP contribution in [0.4, 0.5) is 17.1 Å². The quantitative estimate of drug-likeness (QED) is 0.578. The Hall–Kier alpha value is -3.50. The molecule has 0 aromatic heterocycles. The number of amides is 3. The number of benzene rings is 2. The second-order valence-electron chi connectivity index (χ2n) is 7.92. The SMILES string of the molecule is Cc1cccc2c1N(C(=O)CCl)CC(C(=O)Nc1ccc3c(c1)OC(C(=O)O)CN3C(=O)CCl)O2. The lowest BCUT2D eigenvalue weighted by molar-refractivity contribution is -0.145. The van der Waals surface area contributed by atoms with Crippen LogP contribution in [-0.2, 0) is 19.2 Å². The molecule has 4 rings (SSSR count). The minimum Gasteiger partial charge on any atom is -0.478 e. The fraction of sp³-hybridized carbons (Fsp3) is 0.304. The number of rotatable bonds is 5. The number of nitrogens with zero attached hydrogens (tertiary/aromatic N) is 2. The standard InChI is InChI=1S/C23H21Cl2N3O7/c1-12-3-2-4-15-21(12)28(20(30)9-25)10-17(34-15)22(31)26-13-5-6-14-16(7-13)35-18(23(32)33)11-27(14)19(29)8-24/h2-7,17-18H,8-11H2,1H3,(H,26,31)(H,32,33). The van der Waals surface area contributed by atoms with Gasteiger partial charge in [0.1, 0.15) is 23.3 Å². The Morgan fingerprint density at radius 3 is 2.31 bits per heavy atom. The second-order valence-corrected chi connectivity index (χ2v) is 8.46. The lowest BCUT2D eigenvalue weighted by atomic mass is 10.1. The van der Waals surface area contributed by atoms with Crippen LogP contribution >= 0.6 is 23.2 Å². The van der Waals surface area contributed by atoms with Crippen molar-refractivity contribution in [3.8, 4) is 11.5 Å². The summed E-state index contributed by atoms with van der Waals surface area (Å²) in [7, 11) is 0. The van der Waals surface area contributed by atoms with Gasteiger partial charge in [0.2, 0.25) is 17.9 Å². The fourth-order valence-corrected chi connectivity index (χ4v) is 4.27. The zero-order chi connectivity index (χ0) is 25.3. The number of ether oxygens (including phenoxy) is 2. The first kappa shape index (κ1) is 24.6. The third-order valence-corrected chi connectivity index (χ3v) is 6.08. The summed E-state index contributed by atoms with van der Waals surface area (Å²) in [5.41, 5.74) is 1.99. The van der Waals surface area contributed by atoms with Crippen molar-refractivity contribution < 1.29 is 33.8 Å². The van der Waals surface area contributed by atoms with Crippen molar-refractivity contribution >= 4 is 64.0 Å². The van der Waals surface area contributed by atoms with E-state index < -0.39 is 30.0 Å². The van der Waals surface area contributed by atoms with Gasteiger partial charge in [0.15, 0.2) is 6.10 Å².